The number of carbonyl (C=O) groups excluding carboxylic acids is 1. The van der Waals surface area contributed by atoms with Crippen molar-refractivity contribution in [3.63, 3.8) is 0 Å². The van der Waals surface area contributed by atoms with Crippen LogP contribution in [-0.2, 0) is 64.9 Å². The zero-order valence-electron chi connectivity index (χ0n) is 27.6. The lowest BCUT2D eigenvalue weighted by atomic mass is 10.2. The molecule has 48 heavy (non-hydrogen) atoms. The van der Waals surface area contributed by atoms with Crippen molar-refractivity contribution in [3.05, 3.63) is 47.8 Å². The van der Waals surface area contributed by atoms with Crippen LogP contribution in [-0.4, -0.2) is 139 Å². The van der Waals surface area contributed by atoms with E-state index in [4.69, 9.17) is 37.9 Å². The number of rotatable bonds is 32. The van der Waals surface area contributed by atoms with Crippen LogP contribution in [0, 0.1) is 0 Å². The van der Waals surface area contributed by atoms with Gasteiger partial charge in [0.2, 0.25) is 0 Å². The van der Waals surface area contributed by atoms with Gasteiger partial charge in [-0.2, -0.15) is 9.30 Å². The van der Waals surface area contributed by atoms with Crippen molar-refractivity contribution in [2.24, 2.45) is 5.10 Å². The van der Waals surface area contributed by atoms with Gasteiger partial charge in [0, 0.05) is 0 Å². The van der Waals surface area contributed by atoms with Gasteiger partial charge in [0.05, 0.1) is 131 Å². The van der Waals surface area contributed by atoms with E-state index >= 15 is 0 Å². The van der Waals surface area contributed by atoms with E-state index in [1.54, 1.807) is 19.3 Å². The van der Waals surface area contributed by atoms with E-state index in [2.05, 4.69) is 25.4 Å². The molecule has 16 nitrogen and oxygen atoms in total. The SMILES string of the molecule is CCOP(=O)(F)CCOCCOCCOCCOCCOCCOCCOCCOCc1cn(CC(=O)N/N=C/c2ccccc2)nn1. The Morgan fingerprint density at radius 1 is 0.792 bits per heavy atom. The average Bonchev–Trinajstić information content (AvgIpc) is 3.51. The minimum atomic E-state index is -4.03. The number of hydrazone groups is 1. The van der Waals surface area contributed by atoms with Crippen molar-refractivity contribution >= 4 is 19.8 Å². The molecular formula is C30H49FN5O11P. The van der Waals surface area contributed by atoms with Crippen molar-refractivity contribution < 1.29 is 56.0 Å². The topological polar surface area (TPSA) is 172 Å². The van der Waals surface area contributed by atoms with Gasteiger partial charge in [-0.15, -0.1) is 5.10 Å². The van der Waals surface area contributed by atoms with Crippen LogP contribution in [0.5, 0.6) is 0 Å². The predicted octanol–water partition coefficient (Wildman–Crippen LogP) is 2.26. The molecule has 1 heterocycles. The summed E-state index contributed by atoms with van der Waals surface area (Å²) < 4.78 is 73.8. The highest BCUT2D eigenvalue weighted by molar-refractivity contribution is 7.53. The number of halogens is 1. The highest BCUT2D eigenvalue weighted by atomic mass is 31.2. The second kappa shape index (κ2) is 28.2. The molecule has 0 aliphatic carbocycles. The molecule has 0 saturated heterocycles. The van der Waals surface area contributed by atoms with Crippen molar-refractivity contribution in [2.75, 3.05) is 112 Å². The molecular weight excluding hydrogens is 656 g/mol. The van der Waals surface area contributed by atoms with Gasteiger partial charge in [0.15, 0.2) is 0 Å². The largest absolute Gasteiger partial charge is 0.378 e. The van der Waals surface area contributed by atoms with Crippen LogP contribution in [0.4, 0.5) is 4.20 Å². The molecule has 0 radical (unpaired) electrons. The molecule has 2 rings (SSSR count). The van der Waals surface area contributed by atoms with Crippen molar-refractivity contribution in [1.29, 1.82) is 0 Å². The number of amides is 1. The molecule has 0 bridgehead atoms. The predicted molar refractivity (Wildman–Crippen MR) is 173 cm³/mol. The molecule has 0 aliphatic rings. The first kappa shape index (κ1) is 41.5. The third-order valence-corrected chi connectivity index (χ3v) is 7.13. The molecule has 1 atom stereocenters. The van der Waals surface area contributed by atoms with Gasteiger partial charge in [-0.25, -0.2) is 10.1 Å². The molecule has 0 aliphatic heterocycles. The molecule has 1 N–H and O–H groups in total. The maximum absolute atomic E-state index is 13.3. The highest BCUT2D eigenvalue weighted by Gasteiger charge is 2.20. The third-order valence-electron chi connectivity index (χ3n) is 5.77. The van der Waals surface area contributed by atoms with Crippen molar-refractivity contribution in [3.8, 4) is 0 Å². The monoisotopic (exact) mass is 705 g/mol. The van der Waals surface area contributed by atoms with Crippen LogP contribution in [0.2, 0.25) is 0 Å². The summed E-state index contributed by atoms with van der Waals surface area (Å²) in [4.78, 5) is 12.0. The first-order valence-electron chi connectivity index (χ1n) is 15.8. The summed E-state index contributed by atoms with van der Waals surface area (Å²) in [5, 5.41) is 11.8. The van der Waals surface area contributed by atoms with Gasteiger partial charge in [-0.3, -0.25) is 9.36 Å². The number of carbonyl (C=O) groups is 1. The quantitative estimate of drug-likeness (QED) is 0.0509. The first-order chi connectivity index (χ1) is 23.5. The number of nitrogens with one attached hydrogen (secondary N) is 1. The lowest BCUT2D eigenvalue weighted by Gasteiger charge is -2.09. The Kier molecular flexibility index (Phi) is 24.3. The second-order valence-electron chi connectivity index (χ2n) is 9.68. The molecule has 18 heteroatoms. The molecule has 1 aromatic heterocycles. The van der Waals surface area contributed by atoms with Gasteiger partial charge in [0.25, 0.3) is 5.91 Å². The van der Waals surface area contributed by atoms with E-state index in [9.17, 15) is 13.6 Å². The summed E-state index contributed by atoms with van der Waals surface area (Å²) >= 11 is 0. The smallest absolute Gasteiger partial charge is 0.369 e. The van der Waals surface area contributed by atoms with Crippen LogP contribution >= 0.6 is 7.68 Å². The lowest BCUT2D eigenvalue weighted by Crippen LogP contribution is -2.23. The van der Waals surface area contributed by atoms with E-state index in [0.29, 0.717) is 91.6 Å². The summed E-state index contributed by atoms with van der Waals surface area (Å²) in [5.41, 5.74) is 3.94. The van der Waals surface area contributed by atoms with E-state index in [-0.39, 0.29) is 45.0 Å². The lowest BCUT2D eigenvalue weighted by molar-refractivity contribution is -0.121. The number of nitrogens with zero attached hydrogens (tertiary/aromatic N) is 4. The van der Waals surface area contributed by atoms with E-state index in [1.807, 2.05) is 30.3 Å². The summed E-state index contributed by atoms with van der Waals surface area (Å²) in [6, 6.07) is 9.44. The Labute approximate surface area is 281 Å². The molecule has 2 aromatic rings. The highest BCUT2D eigenvalue weighted by Crippen LogP contribution is 2.47. The number of hydrogen-bond donors (Lipinski definition) is 1. The molecule has 1 amide bonds. The fourth-order valence-electron chi connectivity index (χ4n) is 3.53. The molecule has 1 unspecified atom stereocenters. The Morgan fingerprint density at radius 3 is 1.77 bits per heavy atom. The van der Waals surface area contributed by atoms with Crippen molar-refractivity contribution in [2.45, 2.75) is 20.1 Å². The minimum Gasteiger partial charge on any atom is -0.378 e. The zero-order chi connectivity index (χ0) is 34.4. The summed E-state index contributed by atoms with van der Waals surface area (Å²) in [6.07, 6.45) is 2.95. The van der Waals surface area contributed by atoms with Crippen LogP contribution in [0.25, 0.3) is 0 Å². The molecule has 1 aromatic carbocycles. The summed E-state index contributed by atoms with van der Waals surface area (Å²) in [7, 11) is -4.03. The number of hydrogen-bond acceptors (Lipinski definition) is 14. The van der Waals surface area contributed by atoms with E-state index in [0.717, 1.165) is 5.56 Å². The minimum absolute atomic E-state index is 0.0101. The Bertz CT molecular complexity index is 1150. The average molecular weight is 706 g/mol. The summed E-state index contributed by atoms with van der Waals surface area (Å²) in [6.45, 7) is 7.67. The number of benzene rings is 1. The Morgan fingerprint density at radius 2 is 1.27 bits per heavy atom. The number of ether oxygens (including phenoxy) is 8. The van der Waals surface area contributed by atoms with E-state index < -0.39 is 7.68 Å². The maximum atomic E-state index is 13.3. The van der Waals surface area contributed by atoms with Crippen LogP contribution < -0.4 is 5.43 Å². The summed E-state index contributed by atoms with van der Waals surface area (Å²) in [5.74, 6) is -0.318. The zero-order valence-corrected chi connectivity index (χ0v) is 28.5. The third kappa shape index (κ3) is 23.6. The molecule has 0 fully saturated rings. The molecule has 0 spiro atoms. The molecule has 0 saturated carbocycles. The normalized spacial score (nSPS) is 12.9. The first-order valence-corrected chi connectivity index (χ1v) is 17.5. The van der Waals surface area contributed by atoms with Gasteiger partial charge in [0.1, 0.15) is 12.2 Å². The van der Waals surface area contributed by atoms with Crippen LogP contribution in [0.3, 0.4) is 0 Å². The van der Waals surface area contributed by atoms with Crippen LogP contribution in [0.15, 0.2) is 41.6 Å². The maximum Gasteiger partial charge on any atom is 0.369 e. The van der Waals surface area contributed by atoms with Crippen LogP contribution in [0.1, 0.15) is 18.2 Å². The Balaban J connectivity index is 1.26. The fraction of sp³-hybridized carbons (Fsp3) is 0.667. The second-order valence-corrected chi connectivity index (χ2v) is 11.6. The van der Waals surface area contributed by atoms with Gasteiger partial charge < -0.3 is 42.4 Å². The van der Waals surface area contributed by atoms with E-state index in [1.165, 1.54) is 4.68 Å². The standard InChI is InChI=1S/C30H49FN5O11P/c1-2-47-48(31,38)23-22-45-19-18-43-15-14-41-11-10-39-8-9-40-12-13-42-16-17-44-20-21-46-27-29-25-36(35-33-29)26-30(37)34-32-24-28-6-4-3-5-7-28/h3-7,24-25H,2,8-23,26-27H2,1H3,(H,34,37)/b32-24+. The number of aromatic nitrogens is 3. The molecule has 272 valence electrons. The van der Waals surface area contributed by atoms with Crippen molar-refractivity contribution in [1.82, 2.24) is 20.4 Å². The van der Waals surface area contributed by atoms with Gasteiger partial charge in [-0.05, 0) is 12.5 Å². The fourth-order valence-corrected chi connectivity index (χ4v) is 4.39. The van der Waals surface area contributed by atoms with Gasteiger partial charge >= 0.3 is 7.68 Å². The van der Waals surface area contributed by atoms with Gasteiger partial charge in [-0.1, -0.05) is 35.5 Å². The Hall–Kier alpha value is -2.70.